The molecule has 0 spiro atoms. The molecule has 0 fully saturated rings. The lowest BCUT2D eigenvalue weighted by Gasteiger charge is -1.96. The molecule has 60 valence electrons. The molecule has 1 nitrogen and oxygen atoms in total. The molecule has 1 aromatic carbocycles. The summed E-state index contributed by atoms with van der Waals surface area (Å²) in [5.74, 6) is 0. The summed E-state index contributed by atoms with van der Waals surface area (Å²) in [7, 11) is 3.76. The maximum atomic E-state index is 10.7. The summed E-state index contributed by atoms with van der Waals surface area (Å²) in [4.78, 5) is 0.421. The lowest BCUT2D eigenvalue weighted by Crippen LogP contribution is -1.80. The van der Waals surface area contributed by atoms with Gasteiger partial charge >= 0.3 is 0 Å². The van der Waals surface area contributed by atoms with Gasteiger partial charge < -0.3 is 0 Å². The number of hydrogen-bond acceptors (Lipinski definition) is 1. The van der Waals surface area contributed by atoms with Crippen molar-refractivity contribution >= 4 is 43.9 Å². The molecule has 0 aliphatic carbocycles. The van der Waals surface area contributed by atoms with Crippen LogP contribution in [0.5, 0.6) is 0 Å². The van der Waals surface area contributed by atoms with Crippen LogP contribution in [0, 0.1) is 0 Å². The number of hydrogen-bond donors (Lipinski definition) is 0. The molecule has 1 aromatic rings. The van der Waals surface area contributed by atoms with Crippen LogP contribution in [-0.2, 0) is 10.0 Å². The molecule has 0 amide bonds. The summed E-state index contributed by atoms with van der Waals surface area (Å²) >= 11 is 11.2. The number of rotatable bonds is 1. The molecule has 0 aliphatic rings. The minimum absolute atomic E-state index is 0.421. The Labute approximate surface area is 81.2 Å². The molecule has 5 heteroatoms. The van der Waals surface area contributed by atoms with E-state index in [-0.39, 0.29) is 0 Å². The van der Waals surface area contributed by atoms with Crippen LogP contribution < -0.4 is 0 Å². The molecular weight excluding hydrogens is 226 g/mol. The smallest absolute Gasteiger partial charge is 0.147 e. The molecule has 1 rings (SSSR count). The third-order valence-electron chi connectivity index (χ3n) is 1.02. The normalized spacial score (nSPS) is 13.0. The molecule has 0 saturated carbocycles. The van der Waals surface area contributed by atoms with Crippen LogP contribution in [0.15, 0.2) is 23.1 Å². The van der Waals surface area contributed by atoms with Gasteiger partial charge in [-0.25, -0.2) is 4.21 Å². The first-order valence-corrected chi connectivity index (χ1v) is 5.37. The fraction of sp³-hybridized carbons (Fsp3) is 0. The van der Waals surface area contributed by atoms with Crippen LogP contribution in [0.1, 0.15) is 0 Å². The predicted molar refractivity (Wildman–Crippen MR) is 48.7 cm³/mol. The van der Waals surface area contributed by atoms with Gasteiger partial charge in [0.15, 0.2) is 0 Å². The average molecular weight is 230 g/mol. The van der Waals surface area contributed by atoms with Gasteiger partial charge in [-0.05, 0) is 28.9 Å². The summed E-state index contributed by atoms with van der Waals surface area (Å²) in [6, 6.07) is 4.57. The van der Waals surface area contributed by atoms with Crippen LogP contribution in [0.25, 0.3) is 0 Å². The second-order valence-corrected chi connectivity index (χ2v) is 4.46. The first kappa shape index (κ1) is 9.33. The number of benzene rings is 1. The van der Waals surface area contributed by atoms with Crippen LogP contribution >= 0.6 is 33.9 Å². The van der Waals surface area contributed by atoms with Gasteiger partial charge in [0, 0.05) is 10.0 Å². The van der Waals surface area contributed by atoms with Gasteiger partial charge in [-0.2, -0.15) is 0 Å². The summed E-state index contributed by atoms with van der Waals surface area (Å²) in [6.45, 7) is 0. The Hall–Kier alpha value is 0.240. The van der Waals surface area contributed by atoms with Crippen molar-refractivity contribution in [2.24, 2.45) is 0 Å². The second kappa shape index (κ2) is 3.76. The molecule has 0 N–H and O–H groups in total. The van der Waals surface area contributed by atoms with Crippen LogP contribution in [0.4, 0.5) is 0 Å². The van der Waals surface area contributed by atoms with E-state index in [0.29, 0.717) is 14.9 Å². The molecule has 0 bridgehead atoms. The van der Waals surface area contributed by atoms with E-state index in [9.17, 15) is 4.21 Å². The zero-order chi connectivity index (χ0) is 8.43. The van der Waals surface area contributed by atoms with E-state index in [4.69, 9.17) is 33.9 Å². The zero-order valence-corrected chi connectivity index (χ0v) is 8.27. The fourth-order valence-corrected chi connectivity index (χ4v) is 1.98. The van der Waals surface area contributed by atoms with Crippen molar-refractivity contribution < 1.29 is 4.21 Å². The SMILES string of the molecule is O=S(Cl)c1cc(Cl)cc(Cl)c1. The van der Waals surface area contributed by atoms with Gasteiger partial charge in [0.2, 0.25) is 0 Å². The van der Waals surface area contributed by atoms with Crippen molar-refractivity contribution in [2.45, 2.75) is 4.90 Å². The molecule has 0 aromatic heterocycles. The standard InChI is InChI=1S/C6H3Cl3OS/c7-4-1-5(8)3-6(2-4)11(9)10/h1-3H. The molecule has 11 heavy (non-hydrogen) atoms. The van der Waals surface area contributed by atoms with Gasteiger partial charge in [-0.1, -0.05) is 23.2 Å². The Balaban J connectivity index is 3.19. The minimum atomic E-state index is -1.55. The Kier molecular flexibility index (Phi) is 3.19. The fourth-order valence-electron chi connectivity index (χ4n) is 0.621. The zero-order valence-electron chi connectivity index (χ0n) is 5.18. The highest BCUT2D eigenvalue weighted by Crippen LogP contribution is 2.22. The topological polar surface area (TPSA) is 17.1 Å². The van der Waals surface area contributed by atoms with Crippen LogP contribution in [0.2, 0.25) is 10.0 Å². The highest BCUT2D eigenvalue weighted by molar-refractivity contribution is 8.08. The van der Waals surface area contributed by atoms with Gasteiger partial charge in [-0.15, -0.1) is 0 Å². The largest absolute Gasteiger partial charge is 0.237 e. The lowest BCUT2D eigenvalue weighted by atomic mass is 10.4. The number of halogens is 3. The second-order valence-electron chi connectivity index (χ2n) is 1.83. The van der Waals surface area contributed by atoms with Crippen molar-refractivity contribution in [2.75, 3.05) is 0 Å². The van der Waals surface area contributed by atoms with E-state index in [0.717, 1.165) is 0 Å². The quantitative estimate of drug-likeness (QED) is 0.676. The van der Waals surface area contributed by atoms with Gasteiger partial charge in [-0.3, -0.25) is 0 Å². The molecule has 0 aliphatic heterocycles. The monoisotopic (exact) mass is 228 g/mol. The van der Waals surface area contributed by atoms with Crippen molar-refractivity contribution in [1.29, 1.82) is 0 Å². The van der Waals surface area contributed by atoms with Crippen molar-refractivity contribution in [3.05, 3.63) is 28.2 Å². The third kappa shape index (κ3) is 2.64. The van der Waals surface area contributed by atoms with Crippen LogP contribution in [0.3, 0.4) is 0 Å². The van der Waals surface area contributed by atoms with E-state index in [1.165, 1.54) is 12.1 Å². The molecule has 1 unspecified atom stereocenters. The van der Waals surface area contributed by atoms with E-state index in [1.807, 2.05) is 0 Å². The van der Waals surface area contributed by atoms with Crippen LogP contribution in [-0.4, -0.2) is 4.21 Å². The van der Waals surface area contributed by atoms with Crippen molar-refractivity contribution in [3.8, 4) is 0 Å². The lowest BCUT2D eigenvalue weighted by molar-refractivity contribution is 0.691. The third-order valence-corrected chi connectivity index (χ3v) is 2.60. The van der Waals surface area contributed by atoms with E-state index in [2.05, 4.69) is 0 Å². The summed E-state index contributed by atoms with van der Waals surface area (Å²) in [6.07, 6.45) is 0. The Morgan fingerprint density at radius 3 is 1.91 bits per heavy atom. The Morgan fingerprint density at radius 1 is 1.09 bits per heavy atom. The summed E-state index contributed by atoms with van der Waals surface area (Å²) in [5, 5.41) is 0.864. The Morgan fingerprint density at radius 2 is 1.55 bits per heavy atom. The van der Waals surface area contributed by atoms with Gasteiger partial charge in [0.1, 0.15) is 10.0 Å². The van der Waals surface area contributed by atoms with Gasteiger partial charge in [0.05, 0.1) is 4.90 Å². The minimum Gasteiger partial charge on any atom is -0.237 e. The highest BCUT2D eigenvalue weighted by Gasteiger charge is 2.02. The molecule has 0 heterocycles. The molecular formula is C6H3Cl3OS. The maximum Gasteiger partial charge on any atom is 0.147 e. The Bertz CT molecular complexity index is 280. The first-order chi connectivity index (χ1) is 5.09. The molecule has 1 atom stereocenters. The predicted octanol–water partition coefficient (Wildman–Crippen LogP) is 3.25. The van der Waals surface area contributed by atoms with Gasteiger partial charge in [0.25, 0.3) is 0 Å². The average Bonchev–Trinajstić information content (AvgIpc) is 1.85. The van der Waals surface area contributed by atoms with Crippen molar-refractivity contribution in [3.63, 3.8) is 0 Å². The maximum absolute atomic E-state index is 10.7. The van der Waals surface area contributed by atoms with E-state index in [1.54, 1.807) is 6.07 Å². The highest BCUT2D eigenvalue weighted by atomic mass is 35.7. The molecule has 0 radical (unpaired) electrons. The van der Waals surface area contributed by atoms with E-state index < -0.39 is 10.0 Å². The van der Waals surface area contributed by atoms with E-state index >= 15 is 0 Å². The first-order valence-electron chi connectivity index (χ1n) is 2.64. The summed E-state index contributed by atoms with van der Waals surface area (Å²) < 4.78 is 10.7. The molecule has 0 saturated heterocycles. The van der Waals surface area contributed by atoms with Crippen molar-refractivity contribution in [1.82, 2.24) is 0 Å². The summed E-state index contributed by atoms with van der Waals surface area (Å²) in [5.41, 5.74) is 0.